The summed E-state index contributed by atoms with van der Waals surface area (Å²) < 4.78 is 5.64. The third-order valence-electron chi connectivity index (χ3n) is 3.19. The van der Waals surface area contributed by atoms with E-state index < -0.39 is 10.5 Å². The van der Waals surface area contributed by atoms with Crippen molar-refractivity contribution in [1.82, 2.24) is 0 Å². The Hall–Kier alpha value is -2.65. The lowest BCUT2D eigenvalue weighted by molar-refractivity contribution is -0.383. The molecule has 0 aliphatic carbocycles. The van der Waals surface area contributed by atoms with E-state index in [0.717, 1.165) is 0 Å². The second-order valence-corrected chi connectivity index (χ2v) is 5.01. The first-order valence-electron chi connectivity index (χ1n) is 6.44. The number of nitro groups is 1. The topological polar surface area (TPSA) is 102 Å². The van der Waals surface area contributed by atoms with Crippen molar-refractivity contribution in [2.45, 2.75) is 18.9 Å². The van der Waals surface area contributed by atoms with E-state index in [1.54, 1.807) is 37.3 Å². The van der Waals surface area contributed by atoms with Gasteiger partial charge in [-0.05, 0) is 19.1 Å². The van der Waals surface area contributed by atoms with Gasteiger partial charge in [0, 0.05) is 17.9 Å². The summed E-state index contributed by atoms with van der Waals surface area (Å²) >= 11 is 0. The van der Waals surface area contributed by atoms with Gasteiger partial charge in [0.05, 0.1) is 23.0 Å². The number of fused-ring (bicyclic) bond motifs is 1. The summed E-state index contributed by atoms with van der Waals surface area (Å²) in [6.45, 7) is 1.90. The van der Waals surface area contributed by atoms with Crippen LogP contribution in [0.3, 0.4) is 0 Å². The van der Waals surface area contributed by atoms with Gasteiger partial charge in [0.1, 0.15) is 11.3 Å². The van der Waals surface area contributed by atoms with Gasteiger partial charge in [0.25, 0.3) is 5.69 Å². The highest BCUT2D eigenvalue weighted by molar-refractivity contribution is 5.95. The molecule has 0 radical (unpaired) electrons. The summed E-state index contributed by atoms with van der Waals surface area (Å²) in [5, 5.41) is 21.1. The maximum Gasteiger partial charge on any atom is 0.277 e. The van der Waals surface area contributed by atoms with E-state index >= 15 is 0 Å². The van der Waals surface area contributed by atoms with Crippen LogP contribution in [-0.2, 0) is 0 Å². The monoisotopic (exact) mass is 285 g/mol. The van der Waals surface area contributed by atoms with E-state index in [9.17, 15) is 10.1 Å². The third-order valence-corrected chi connectivity index (χ3v) is 3.19. The maximum atomic E-state index is 11.0. The SMILES string of the molecule is CC(N)(C#N)CCOc1ccc([N+](=O)[O-])c2ccccc12. The van der Waals surface area contributed by atoms with Crippen molar-refractivity contribution in [2.24, 2.45) is 5.73 Å². The lowest BCUT2D eigenvalue weighted by Gasteiger charge is -2.16. The third kappa shape index (κ3) is 3.27. The standard InChI is InChI=1S/C15H15N3O3/c1-15(17,10-16)8-9-21-14-7-6-13(18(19)20)11-4-2-3-5-12(11)14/h2-7H,8-9,17H2,1H3. The minimum Gasteiger partial charge on any atom is -0.493 e. The Kier molecular flexibility index (Phi) is 4.05. The van der Waals surface area contributed by atoms with Crippen LogP contribution in [0.4, 0.5) is 5.69 Å². The van der Waals surface area contributed by atoms with Gasteiger partial charge < -0.3 is 10.5 Å². The number of non-ortho nitro benzene ring substituents is 1. The molecular formula is C15H15N3O3. The second-order valence-electron chi connectivity index (χ2n) is 5.01. The molecule has 2 N–H and O–H groups in total. The molecule has 1 atom stereocenters. The summed E-state index contributed by atoms with van der Waals surface area (Å²) in [6.07, 6.45) is 0.370. The lowest BCUT2D eigenvalue weighted by Crippen LogP contribution is -2.35. The van der Waals surface area contributed by atoms with E-state index in [4.69, 9.17) is 15.7 Å². The largest absolute Gasteiger partial charge is 0.493 e. The molecule has 21 heavy (non-hydrogen) atoms. The molecule has 0 aromatic heterocycles. The first kappa shape index (κ1) is 14.8. The number of benzene rings is 2. The molecule has 108 valence electrons. The average molecular weight is 285 g/mol. The summed E-state index contributed by atoms with van der Waals surface area (Å²) in [6, 6.07) is 12.0. The van der Waals surface area contributed by atoms with Crippen molar-refractivity contribution < 1.29 is 9.66 Å². The van der Waals surface area contributed by atoms with Gasteiger partial charge in [-0.25, -0.2) is 0 Å². The van der Waals surface area contributed by atoms with Crippen LogP contribution >= 0.6 is 0 Å². The Labute approximate surface area is 121 Å². The summed E-state index contributed by atoms with van der Waals surface area (Å²) in [4.78, 5) is 10.6. The van der Waals surface area contributed by atoms with Crippen molar-refractivity contribution in [3.63, 3.8) is 0 Å². The minimum atomic E-state index is -0.948. The van der Waals surface area contributed by atoms with Crippen LogP contribution in [-0.4, -0.2) is 17.1 Å². The van der Waals surface area contributed by atoms with Crippen LogP contribution in [0, 0.1) is 21.4 Å². The van der Waals surface area contributed by atoms with Crippen LogP contribution in [0.15, 0.2) is 36.4 Å². The second kappa shape index (κ2) is 5.77. The molecule has 6 nitrogen and oxygen atoms in total. The molecule has 0 fully saturated rings. The summed E-state index contributed by atoms with van der Waals surface area (Å²) in [7, 11) is 0. The van der Waals surface area contributed by atoms with Gasteiger partial charge in [0.15, 0.2) is 0 Å². The van der Waals surface area contributed by atoms with Crippen molar-refractivity contribution >= 4 is 16.5 Å². The lowest BCUT2D eigenvalue weighted by atomic mass is 10.0. The van der Waals surface area contributed by atoms with Crippen molar-refractivity contribution in [3.05, 3.63) is 46.5 Å². The number of hydrogen-bond donors (Lipinski definition) is 1. The molecule has 0 saturated heterocycles. The van der Waals surface area contributed by atoms with Gasteiger partial charge in [-0.3, -0.25) is 10.1 Å². The van der Waals surface area contributed by atoms with Crippen molar-refractivity contribution in [2.75, 3.05) is 6.61 Å². The Morgan fingerprint density at radius 2 is 2.00 bits per heavy atom. The molecule has 0 bridgehead atoms. The summed E-state index contributed by atoms with van der Waals surface area (Å²) in [5.74, 6) is 0.546. The van der Waals surface area contributed by atoms with Gasteiger partial charge in [0.2, 0.25) is 0 Å². The number of nitriles is 1. The molecular weight excluding hydrogens is 270 g/mol. The Morgan fingerprint density at radius 3 is 2.62 bits per heavy atom. The van der Waals surface area contributed by atoms with Gasteiger partial charge >= 0.3 is 0 Å². The highest BCUT2D eigenvalue weighted by atomic mass is 16.6. The molecule has 6 heteroatoms. The van der Waals surface area contributed by atoms with Gasteiger partial charge in [-0.2, -0.15) is 5.26 Å². The zero-order valence-electron chi connectivity index (χ0n) is 11.6. The number of hydrogen-bond acceptors (Lipinski definition) is 5. The van der Waals surface area contributed by atoms with Gasteiger partial charge in [-0.1, -0.05) is 18.2 Å². The van der Waals surface area contributed by atoms with Crippen LogP contribution < -0.4 is 10.5 Å². The van der Waals surface area contributed by atoms with Crippen molar-refractivity contribution in [1.29, 1.82) is 5.26 Å². The van der Waals surface area contributed by atoms with Crippen LogP contribution in [0.2, 0.25) is 0 Å². The molecule has 2 aromatic rings. The zero-order valence-corrected chi connectivity index (χ0v) is 11.6. The average Bonchev–Trinajstić information content (AvgIpc) is 2.47. The van der Waals surface area contributed by atoms with E-state index in [1.165, 1.54) is 6.07 Å². The Balaban J connectivity index is 2.28. The number of rotatable bonds is 5. The number of ether oxygens (including phenoxy) is 1. The van der Waals surface area contributed by atoms with E-state index in [1.807, 2.05) is 6.07 Å². The minimum absolute atomic E-state index is 0.0404. The highest BCUT2D eigenvalue weighted by Gasteiger charge is 2.18. The highest BCUT2D eigenvalue weighted by Crippen LogP contribution is 2.32. The smallest absolute Gasteiger partial charge is 0.277 e. The fourth-order valence-corrected chi connectivity index (χ4v) is 1.97. The predicted molar refractivity (Wildman–Crippen MR) is 78.9 cm³/mol. The quantitative estimate of drug-likeness (QED) is 0.672. The Bertz CT molecular complexity index is 720. The molecule has 0 saturated carbocycles. The number of nitrogens with two attached hydrogens (primary N) is 1. The van der Waals surface area contributed by atoms with E-state index in [-0.39, 0.29) is 12.3 Å². The van der Waals surface area contributed by atoms with Crippen LogP contribution in [0.25, 0.3) is 10.8 Å². The first-order valence-corrected chi connectivity index (χ1v) is 6.44. The maximum absolute atomic E-state index is 11.0. The molecule has 0 aliphatic heterocycles. The molecule has 1 unspecified atom stereocenters. The molecule has 0 heterocycles. The fourth-order valence-electron chi connectivity index (χ4n) is 1.97. The number of nitrogens with zero attached hydrogens (tertiary/aromatic N) is 2. The fraction of sp³-hybridized carbons (Fsp3) is 0.267. The van der Waals surface area contributed by atoms with E-state index in [0.29, 0.717) is 22.9 Å². The molecule has 0 amide bonds. The molecule has 2 aromatic carbocycles. The number of nitro benzene ring substituents is 1. The summed E-state index contributed by atoms with van der Waals surface area (Å²) in [5.41, 5.74) is 4.82. The normalized spacial score (nSPS) is 13.4. The first-order chi connectivity index (χ1) is 9.94. The van der Waals surface area contributed by atoms with E-state index in [2.05, 4.69) is 0 Å². The van der Waals surface area contributed by atoms with Crippen molar-refractivity contribution in [3.8, 4) is 11.8 Å². The zero-order chi connectivity index (χ0) is 15.5. The van der Waals surface area contributed by atoms with Crippen LogP contribution in [0.1, 0.15) is 13.3 Å². The predicted octanol–water partition coefficient (Wildman–Crippen LogP) is 2.76. The molecule has 0 spiro atoms. The molecule has 0 aliphatic rings. The van der Waals surface area contributed by atoms with Crippen LogP contribution in [0.5, 0.6) is 5.75 Å². The Morgan fingerprint density at radius 1 is 1.33 bits per heavy atom. The molecule has 2 rings (SSSR count). The van der Waals surface area contributed by atoms with Gasteiger partial charge in [-0.15, -0.1) is 0 Å².